The summed E-state index contributed by atoms with van der Waals surface area (Å²) in [5.74, 6) is 1.90. The summed E-state index contributed by atoms with van der Waals surface area (Å²) in [5.41, 5.74) is 0.971. The first-order valence-corrected chi connectivity index (χ1v) is 8.31. The van der Waals surface area contributed by atoms with Gasteiger partial charge in [-0.05, 0) is 30.6 Å². The molecular weight excluding hydrogens is 254 g/mol. The highest BCUT2D eigenvalue weighted by atomic mass is 32.1. The molecule has 108 valence electrons. The van der Waals surface area contributed by atoms with Gasteiger partial charge in [-0.1, -0.05) is 41.0 Å². The van der Waals surface area contributed by atoms with Gasteiger partial charge in [0.05, 0.1) is 16.8 Å². The second-order valence-electron chi connectivity index (χ2n) is 7.30. The summed E-state index contributed by atoms with van der Waals surface area (Å²) >= 11 is 1.68. The molecule has 2 nitrogen and oxygen atoms in total. The van der Waals surface area contributed by atoms with Crippen LogP contribution in [0.25, 0.3) is 0 Å². The first kappa shape index (κ1) is 15.0. The van der Waals surface area contributed by atoms with E-state index in [4.69, 9.17) is 0 Å². The highest BCUT2D eigenvalue weighted by molar-refractivity contribution is 7.09. The van der Waals surface area contributed by atoms with Crippen molar-refractivity contribution in [1.82, 2.24) is 4.98 Å². The lowest BCUT2D eigenvalue weighted by atomic mass is 9.73. The molecule has 0 amide bonds. The molecule has 1 aromatic heterocycles. The smallest absolute Gasteiger partial charge is 0.0996 e. The number of aromatic nitrogens is 1. The van der Waals surface area contributed by atoms with Crippen molar-refractivity contribution in [3.63, 3.8) is 0 Å². The zero-order valence-corrected chi connectivity index (χ0v) is 13.6. The van der Waals surface area contributed by atoms with Gasteiger partial charge in [-0.2, -0.15) is 0 Å². The van der Waals surface area contributed by atoms with Crippen LogP contribution in [0.5, 0.6) is 0 Å². The largest absolute Gasteiger partial charge is 0.386 e. The maximum Gasteiger partial charge on any atom is 0.0996 e. The zero-order chi connectivity index (χ0) is 14.2. The minimum absolute atomic E-state index is 0.0804. The zero-order valence-electron chi connectivity index (χ0n) is 12.8. The fourth-order valence-electron chi connectivity index (χ4n) is 2.88. The summed E-state index contributed by atoms with van der Waals surface area (Å²) in [6, 6.07) is 0. The Morgan fingerprint density at radius 2 is 1.95 bits per heavy atom. The Hall–Kier alpha value is -0.410. The van der Waals surface area contributed by atoms with Crippen molar-refractivity contribution in [3.8, 4) is 0 Å². The van der Waals surface area contributed by atoms with Gasteiger partial charge in [0.1, 0.15) is 0 Å². The summed E-state index contributed by atoms with van der Waals surface area (Å²) in [7, 11) is 0. The van der Waals surface area contributed by atoms with Gasteiger partial charge >= 0.3 is 0 Å². The quantitative estimate of drug-likeness (QED) is 0.863. The third-order valence-corrected chi connectivity index (χ3v) is 5.84. The van der Waals surface area contributed by atoms with E-state index in [1.807, 2.05) is 5.38 Å². The molecular formula is C16H27NOS. The Bertz CT molecular complexity index is 421. The van der Waals surface area contributed by atoms with Crippen LogP contribution in [0.15, 0.2) is 5.38 Å². The van der Waals surface area contributed by atoms with E-state index in [2.05, 4.69) is 39.6 Å². The van der Waals surface area contributed by atoms with Gasteiger partial charge in [0, 0.05) is 10.8 Å². The van der Waals surface area contributed by atoms with E-state index in [-0.39, 0.29) is 11.5 Å². The highest BCUT2D eigenvalue weighted by Gasteiger charge is 2.31. The standard InChI is InChI=1S/C16H27NOS/c1-10-6-7-12(8-11(10)2)14(18)13-9-19-15(17-13)16(3,4)5/h9-12,14,18H,6-8H2,1-5H3. The maximum atomic E-state index is 10.6. The lowest BCUT2D eigenvalue weighted by Gasteiger charge is -2.34. The summed E-state index contributed by atoms with van der Waals surface area (Å²) < 4.78 is 0. The van der Waals surface area contributed by atoms with Crippen LogP contribution in [-0.4, -0.2) is 10.1 Å². The highest BCUT2D eigenvalue weighted by Crippen LogP contribution is 2.40. The van der Waals surface area contributed by atoms with Crippen molar-refractivity contribution in [2.75, 3.05) is 0 Å². The molecule has 4 atom stereocenters. The van der Waals surface area contributed by atoms with Crippen molar-refractivity contribution in [3.05, 3.63) is 16.1 Å². The summed E-state index contributed by atoms with van der Waals surface area (Å²) in [6.07, 6.45) is 3.13. The van der Waals surface area contributed by atoms with E-state index in [0.29, 0.717) is 11.8 Å². The Morgan fingerprint density at radius 1 is 1.26 bits per heavy atom. The van der Waals surface area contributed by atoms with Crippen molar-refractivity contribution in [2.45, 2.75) is 65.4 Å². The molecule has 0 spiro atoms. The van der Waals surface area contributed by atoms with Gasteiger partial charge in [-0.3, -0.25) is 0 Å². The van der Waals surface area contributed by atoms with Crippen molar-refractivity contribution >= 4 is 11.3 Å². The van der Waals surface area contributed by atoms with Crippen LogP contribution in [0.3, 0.4) is 0 Å². The Kier molecular flexibility index (Phi) is 4.36. The molecule has 0 aromatic carbocycles. The van der Waals surface area contributed by atoms with Crippen LogP contribution < -0.4 is 0 Å². The fraction of sp³-hybridized carbons (Fsp3) is 0.812. The van der Waals surface area contributed by atoms with Gasteiger partial charge < -0.3 is 5.11 Å². The van der Waals surface area contributed by atoms with Gasteiger partial charge in [-0.15, -0.1) is 11.3 Å². The molecule has 1 saturated carbocycles. The first-order valence-electron chi connectivity index (χ1n) is 7.43. The third kappa shape index (κ3) is 3.38. The first-order chi connectivity index (χ1) is 8.79. The molecule has 1 aliphatic rings. The monoisotopic (exact) mass is 281 g/mol. The van der Waals surface area contributed by atoms with Crippen LogP contribution in [0.2, 0.25) is 0 Å². The molecule has 2 rings (SSSR count). The SMILES string of the molecule is CC1CCC(C(O)c2csc(C(C)(C)C)n2)CC1C. The molecule has 4 unspecified atom stereocenters. The van der Waals surface area contributed by atoms with E-state index < -0.39 is 0 Å². The Balaban J connectivity index is 2.07. The predicted molar refractivity (Wildman–Crippen MR) is 81.4 cm³/mol. The van der Waals surface area contributed by atoms with Gasteiger partial charge in [-0.25, -0.2) is 4.98 Å². The molecule has 0 bridgehead atoms. The minimum Gasteiger partial charge on any atom is -0.386 e. The molecule has 1 heterocycles. The Morgan fingerprint density at radius 3 is 2.47 bits per heavy atom. The molecule has 0 aliphatic heterocycles. The molecule has 1 aromatic rings. The fourth-order valence-corrected chi connectivity index (χ4v) is 3.82. The van der Waals surface area contributed by atoms with E-state index in [9.17, 15) is 5.11 Å². The summed E-state index contributed by atoms with van der Waals surface area (Å²) in [6.45, 7) is 11.2. The van der Waals surface area contributed by atoms with Crippen molar-refractivity contribution in [2.24, 2.45) is 17.8 Å². The number of rotatable bonds is 2. The number of aliphatic hydroxyl groups is 1. The number of aliphatic hydroxyl groups excluding tert-OH is 1. The lowest BCUT2D eigenvalue weighted by molar-refractivity contribution is 0.0534. The van der Waals surface area contributed by atoms with Crippen molar-refractivity contribution < 1.29 is 5.11 Å². The maximum absolute atomic E-state index is 10.6. The van der Waals surface area contributed by atoms with E-state index >= 15 is 0 Å². The number of hydrogen-bond acceptors (Lipinski definition) is 3. The second kappa shape index (κ2) is 5.53. The van der Waals surface area contributed by atoms with Crippen LogP contribution in [-0.2, 0) is 5.41 Å². The van der Waals surface area contributed by atoms with Crippen LogP contribution in [0.1, 0.15) is 70.7 Å². The topological polar surface area (TPSA) is 33.1 Å². The number of thiazole rings is 1. The van der Waals surface area contributed by atoms with Crippen LogP contribution in [0, 0.1) is 17.8 Å². The second-order valence-corrected chi connectivity index (χ2v) is 8.16. The van der Waals surface area contributed by atoms with Gasteiger partial charge in [0.25, 0.3) is 0 Å². The molecule has 0 radical (unpaired) electrons. The van der Waals surface area contributed by atoms with E-state index in [0.717, 1.165) is 29.5 Å². The number of nitrogens with zero attached hydrogens (tertiary/aromatic N) is 1. The van der Waals surface area contributed by atoms with E-state index in [1.165, 1.54) is 6.42 Å². The average molecular weight is 281 g/mol. The molecule has 1 fully saturated rings. The van der Waals surface area contributed by atoms with Crippen molar-refractivity contribution in [1.29, 1.82) is 0 Å². The molecule has 1 N–H and O–H groups in total. The van der Waals surface area contributed by atoms with E-state index in [1.54, 1.807) is 11.3 Å². The van der Waals surface area contributed by atoms with Crippen LogP contribution in [0.4, 0.5) is 0 Å². The number of hydrogen-bond donors (Lipinski definition) is 1. The summed E-state index contributed by atoms with van der Waals surface area (Å²) in [5, 5.41) is 13.7. The Labute approximate surface area is 121 Å². The van der Waals surface area contributed by atoms with Crippen LogP contribution >= 0.6 is 11.3 Å². The molecule has 0 saturated heterocycles. The molecule has 3 heteroatoms. The average Bonchev–Trinajstić information content (AvgIpc) is 2.81. The van der Waals surface area contributed by atoms with Gasteiger partial charge in [0.2, 0.25) is 0 Å². The molecule has 19 heavy (non-hydrogen) atoms. The normalized spacial score (nSPS) is 30.3. The lowest BCUT2D eigenvalue weighted by Crippen LogP contribution is -2.25. The minimum atomic E-state index is -0.373. The summed E-state index contributed by atoms with van der Waals surface area (Å²) in [4.78, 5) is 4.67. The van der Waals surface area contributed by atoms with Gasteiger partial charge in [0.15, 0.2) is 0 Å². The third-order valence-electron chi connectivity index (χ3n) is 4.55. The molecule has 1 aliphatic carbocycles. The predicted octanol–water partition coefficient (Wildman–Crippen LogP) is 4.55.